The molecule has 1 saturated heterocycles. The molecule has 2 N–H and O–H groups in total. The number of fused-ring (bicyclic) bond motifs is 1. The van der Waals surface area contributed by atoms with E-state index in [9.17, 15) is 9.18 Å². The van der Waals surface area contributed by atoms with E-state index in [1.165, 1.54) is 16.9 Å². The van der Waals surface area contributed by atoms with Gasteiger partial charge in [0.1, 0.15) is 11.1 Å². The summed E-state index contributed by atoms with van der Waals surface area (Å²) >= 11 is 0. The SMILES string of the molecule is CCOc1nc(N2CCC(N(C)C)C2)ncc1C(=O)Nc1cc(F)c2nn(C)cc2c1.O=CO. The first-order valence-electron chi connectivity index (χ1n) is 10.7. The number of aromatic nitrogens is 4. The number of ether oxygens (including phenoxy) is 1. The fourth-order valence-corrected chi connectivity index (χ4v) is 3.74. The zero-order valence-corrected chi connectivity index (χ0v) is 19.5. The van der Waals surface area contributed by atoms with Crippen molar-refractivity contribution >= 4 is 34.9 Å². The summed E-state index contributed by atoms with van der Waals surface area (Å²) in [6.07, 6.45) is 4.17. The molecular formula is C22H28FN7O4. The number of halogens is 1. The third-order valence-electron chi connectivity index (χ3n) is 5.38. The molecule has 34 heavy (non-hydrogen) atoms. The number of hydrogen-bond acceptors (Lipinski definition) is 8. The van der Waals surface area contributed by atoms with E-state index in [0.717, 1.165) is 19.5 Å². The molecule has 1 aliphatic heterocycles. The number of rotatable bonds is 6. The van der Waals surface area contributed by atoms with Crippen molar-refractivity contribution in [3.8, 4) is 5.88 Å². The molecular weight excluding hydrogens is 445 g/mol. The monoisotopic (exact) mass is 473 g/mol. The van der Waals surface area contributed by atoms with Gasteiger partial charge < -0.3 is 25.0 Å². The Balaban J connectivity index is 0.00000103. The van der Waals surface area contributed by atoms with Crippen LogP contribution in [0.3, 0.4) is 0 Å². The third-order valence-corrected chi connectivity index (χ3v) is 5.38. The zero-order valence-electron chi connectivity index (χ0n) is 19.5. The van der Waals surface area contributed by atoms with E-state index in [1.807, 2.05) is 6.92 Å². The molecule has 0 radical (unpaired) electrons. The maximum atomic E-state index is 14.3. The summed E-state index contributed by atoms with van der Waals surface area (Å²) in [6.45, 7) is 3.58. The number of amides is 1. The largest absolute Gasteiger partial charge is 0.483 e. The van der Waals surface area contributed by atoms with Gasteiger partial charge in [0.05, 0.1) is 6.61 Å². The normalized spacial score (nSPS) is 15.2. The summed E-state index contributed by atoms with van der Waals surface area (Å²) in [7, 11) is 5.83. The number of likely N-dealkylation sites (N-methyl/N-ethyl adjacent to an activating group) is 1. The van der Waals surface area contributed by atoms with Crippen molar-refractivity contribution in [3.05, 3.63) is 35.9 Å². The molecule has 1 unspecified atom stereocenters. The number of aryl methyl sites for hydroxylation is 1. The van der Waals surface area contributed by atoms with Gasteiger partial charge in [0.15, 0.2) is 5.82 Å². The van der Waals surface area contributed by atoms with Crippen molar-refractivity contribution in [2.45, 2.75) is 19.4 Å². The zero-order chi connectivity index (χ0) is 24.8. The van der Waals surface area contributed by atoms with E-state index in [1.54, 1.807) is 19.3 Å². The molecule has 1 atom stereocenters. The number of nitrogens with one attached hydrogen (secondary N) is 1. The van der Waals surface area contributed by atoms with Crippen LogP contribution in [-0.2, 0) is 11.8 Å². The van der Waals surface area contributed by atoms with Crippen LogP contribution in [0.15, 0.2) is 24.5 Å². The van der Waals surface area contributed by atoms with E-state index in [0.29, 0.717) is 29.7 Å². The molecule has 0 bridgehead atoms. The van der Waals surface area contributed by atoms with Crippen LogP contribution in [-0.4, -0.2) is 82.0 Å². The van der Waals surface area contributed by atoms with Crippen molar-refractivity contribution in [2.75, 3.05) is 44.0 Å². The molecule has 11 nitrogen and oxygen atoms in total. The lowest BCUT2D eigenvalue weighted by molar-refractivity contribution is -0.122. The van der Waals surface area contributed by atoms with Gasteiger partial charge in [0.2, 0.25) is 11.8 Å². The first-order chi connectivity index (χ1) is 16.3. The highest BCUT2D eigenvalue weighted by Gasteiger charge is 2.27. The summed E-state index contributed by atoms with van der Waals surface area (Å²) in [6, 6.07) is 3.35. The number of carbonyl (C=O) groups is 2. The summed E-state index contributed by atoms with van der Waals surface area (Å²) in [5.41, 5.74) is 0.772. The van der Waals surface area contributed by atoms with Crippen LogP contribution in [0.25, 0.3) is 10.9 Å². The van der Waals surface area contributed by atoms with Crippen molar-refractivity contribution in [1.29, 1.82) is 0 Å². The number of carboxylic acid groups (broad SMARTS) is 1. The average Bonchev–Trinajstić information content (AvgIpc) is 3.41. The minimum atomic E-state index is -0.505. The van der Waals surface area contributed by atoms with Gasteiger partial charge in [0, 0.05) is 49.6 Å². The lowest BCUT2D eigenvalue weighted by Gasteiger charge is -2.21. The minimum Gasteiger partial charge on any atom is -0.483 e. The smallest absolute Gasteiger partial charge is 0.290 e. The lowest BCUT2D eigenvalue weighted by atomic mass is 10.2. The third kappa shape index (κ3) is 5.57. The van der Waals surface area contributed by atoms with Crippen LogP contribution >= 0.6 is 0 Å². The first-order valence-corrected chi connectivity index (χ1v) is 10.7. The van der Waals surface area contributed by atoms with Gasteiger partial charge >= 0.3 is 0 Å². The Bertz CT molecular complexity index is 1170. The number of benzene rings is 1. The molecule has 3 aromatic rings. The Morgan fingerprint density at radius 2 is 2.15 bits per heavy atom. The highest BCUT2D eigenvalue weighted by molar-refractivity contribution is 6.06. The molecule has 2 aromatic heterocycles. The van der Waals surface area contributed by atoms with Crippen LogP contribution in [0.1, 0.15) is 23.7 Å². The van der Waals surface area contributed by atoms with E-state index >= 15 is 0 Å². The van der Waals surface area contributed by atoms with Gasteiger partial charge in [0.25, 0.3) is 12.4 Å². The fraction of sp³-hybridized carbons (Fsp3) is 0.409. The Morgan fingerprint density at radius 3 is 2.79 bits per heavy atom. The lowest BCUT2D eigenvalue weighted by Crippen LogP contribution is -2.32. The molecule has 1 fully saturated rings. The number of anilines is 2. The predicted molar refractivity (Wildman–Crippen MR) is 125 cm³/mol. The molecule has 1 aliphatic rings. The second-order valence-electron chi connectivity index (χ2n) is 7.93. The average molecular weight is 474 g/mol. The molecule has 0 saturated carbocycles. The summed E-state index contributed by atoms with van der Waals surface area (Å²) < 4.78 is 21.5. The Morgan fingerprint density at radius 1 is 1.41 bits per heavy atom. The molecule has 1 aromatic carbocycles. The van der Waals surface area contributed by atoms with E-state index in [-0.39, 0.29) is 23.4 Å². The maximum absolute atomic E-state index is 14.3. The number of carbonyl (C=O) groups excluding carboxylic acids is 1. The van der Waals surface area contributed by atoms with Crippen molar-refractivity contribution in [1.82, 2.24) is 24.6 Å². The highest BCUT2D eigenvalue weighted by Crippen LogP contribution is 2.25. The van der Waals surface area contributed by atoms with E-state index in [4.69, 9.17) is 14.6 Å². The van der Waals surface area contributed by atoms with E-state index < -0.39 is 11.7 Å². The van der Waals surface area contributed by atoms with Crippen LogP contribution in [0, 0.1) is 5.82 Å². The van der Waals surface area contributed by atoms with Gasteiger partial charge in [-0.2, -0.15) is 10.1 Å². The quantitative estimate of drug-likeness (QED) is 0.517. The van der Waals surface area contributed by atoms with Crippen molar-refractivity contribution in [3.63, 3.8) is 0 Å². The first kappa shape index (κ1) is 24.8. The summed E-state index contributed by atoms with van der Waals surface area (Å²) in [4.78, 5) is 34.4. The van der Waals surface area contributed by atoms with Gasteiger partial charge in [-0.3, -0.25) is 14.3 Å². The number of nitrogens with zero attached hydrogens (tertiary/aromatic N) is 6. The minimum absolute atomic E-state index is 0.195. The summed E-state index contributed by atoms with van der Waals surface area (Å²) in [5.74, 6) is -0.229. The predicted octanol–water partition coefficient (Wildman–Crippen LogP) is 1.99. The van der Waals surface area contributed by atoms with Crippen LogP contribution in [0.4, 0.5) is 16.0 Å². The van der Waals surface area contributed by atoms with Gasteiger partial charge in [-0.1, -0.05) is 0 Å². The summed E-state index contributed by atoms with van der Waals surface area (Å²) in [5, 5.41) is 14.3. The molecule has 182 valence electrons. The van der Waals surface area contributed by atoms with Crippen molar-refractivity contribution < 1.29 is 23.8 Å². The second-order valence-corrected chi connectivity index (χ2v) is 7.93. The molecule has 1 amide bonds. The highest BCUT2D eigenvalue weighted by atomic mass is 19.1. The standard InChI is InChI=1S/C21H26FN7O2.CH2O2/c1-5-31-20-16(10-23-21(25-20)29-7-6-15(12-29)27(2)3)19(30)24-14-8-13-11-28(4)26-18(13)17(22)9-14;2-1-3/h8-11,15H,5-7,12H2,1-4H3,(H,24,30);1H,(H,2,3). The van der Waals surface area contributed by atoms with Crippen LogP contribution in [0.5, 0.6) is 5.88 Å². The van der Waals surface area contributed by atoms with E-state index in [2.05, 4.69) is 44.3 Å². The fourth-order valence-electron chi connectivity index (χ4n) is 3.74. The molecule has 3 heterocycles. The van der Waals surface area contributed by atoms with Gasteiger partial charge in [-0.05, 0) is 39.6 Å². The molecule has 4 rings (SSSR count). The van der Waals surface area contributed by atoms with Crippen molar-refractivity contribution in [2.24, 2.45) is 7.05 Å². The second kappa shape index (κ2) is 10.9. The molecule has 0 aliphatic carbocycles. The number of hydrogen-bond donors (Lipinski definition) is 2. The molecule has 12 heteroatoms. The van der Waals surface area contributed by atoms with Crippen LogP contribution < -0.4 is 15.0 Å². The van der Waals surface area contributed by atoms with Gasteiger partial charge in [-0.15, -0.1) is 0 Å². The van der Waals surface area contributed by atoms with Gasteiger partial charge in [-0.25, -0.2) is 9.37 Å². The molecule has 0 spiro atoms. The topological polar surface area (TPSA) is 126 Å². The Labute approximate surface area is 196 Å². The van der Waals surface area contributed by atoms with Crippen LogP contribution in [0.2, 0.25) is 0 Å². The maximum Gasteiger partial charge on any atom is 0.290 e. The Hall–Kier alpha value is -3.80. The Kier molecular flexibility index (Phi) is 7.95.